The molecule has 0 atom stereocenters. The van der Waals surface area contributed by atoms with Gasteiger partial charge in [-0.3, -0.25) is 0 Å². The molecular formula is C66H45N5. The van der Waals surface area contributed by atoms with E-state index >= 15 is 0 Å². The predicted molar refractivity (Wildman–Crippen MR) is 296 cm³/mol. The number of hydrogen-bond donors (Lipinski definition) is 0. The first-order valence-electron chi connectivity index (χ1n) is 24.3. The van der Waals surface area contributed by atoms with Crippen LogP contribution in [-0.4, -0.2) is 23.7 Å². The molecule has 71 heavy (non-hydrogen) atoms. The molecule has 0 aliphatic carbocycles. The molecule has 0 radical (unpaired) electrons. The summed E-state index contributed by atoms with van der Waals surface area (Å²) < 4.78 is 7.28. The summed E-state index contributed by atoms with van der Waals surface area (Å²) in [7, 11) is 0. The van der Waals surface area contributed by atoms with Crippen molar-refractivity contribution in [2.45, 2.75) is 13.8 Å². The third-order valence-electron chi connectivity index (χ3n) is 14.5. The van der Waals surface area contributed by atoms with Gasteiger partial charge in [-0.25, -0.2) is 9.97 Å². The molecule has 334 valence electrons. The first kappa shape index (κ1) is 40.7. The average molecular weight is 908 g/mol. The third kappa shape index (κ3) is 6.54. The number of aryl methyl sites for hydroxylation is 2. The maximum atomic E-state index is 5.15. The zero-order chi connectivity index (χ0) is 47.2. The quantitative estimate of drug-likeness (QED) is 0.160. The molecule has 0 fully saturated rings. The van der Waals surface area contributed by atoms with Gasteiger partial charge in [0.1, 0.15) is 0 Å². The normalized spacial score (nSPS) is 11.8. The minimum Gasteiger partial charge on any atom is -0.309 e. The van der Waals surface area contributed by atoms with Crippen molar-refractivity contribution in [1.82, 2.24) is 23.7 Å². The van der Waals surface area contributed by atoms with Crippen molar-refractivity contribution < 1.29 is 0 Å². The summed E-state index contributed by atoms with van der Waals surface area (Å²) in [5.74, 6) is 0.716. The Kier molecular flexibility index (Phi) is 9.26. The smallest absolute Gasteiger partial charge is 0.160 e. The molecule has 0 saturated heterocycles. The van der Waals surface area contributed by atoms with Crippen molar-refractivity contribution in [2.75, 3.05) is 0 Å². The second kappa shape index (κ2) is 16.2. The largest absolute Gasteiger partial charge is 0.309 e. The van der Waals surface area contributed by atoms with E-state index in [1.165, 1.54) is 76.6 Å². The Bertz CT molecular complexity index is 4040. The Morgan fingerprint density at radius 1 is 0.268 bits per heavy atom. The molecule has 4 aromatic heterocycles. The fraction of sp³-hybridized carbons (Fsp3) is 0.0303. The Balaban J connectivity index is 0.911. The molecule has 0 aliphatic heterocycles. The summed E-state index contributed by atoms with van der Waals surface area (Å²) >= 11 is 0. The summed E-state index contributed by atoms with van der Waals surface area (Å²) in [5, 5.41) is 7.41. The number of aromatic nitrogens is 5. The van der Waals surface area contributed by atoms with Crippen LogP contribution in [-0.2, 0) is 0 Å². The van der Waals surface area contributed by atoms with Crippen LogP contribution in [0.4, 0.5) is 0 Å². The van der Waals surface area contributed by atoms with Gasteiger partial charge < -0.3 is 13.7 Å². The van der Waals surface area contributed by atoms with E-state index in [9.17, 15) is 0 Å². The lowest BCUT2D eigenvalue weighted by Crippen LogP contribution is -1.98. The van der Waals surface area contributed by atoms with E-state index in [0.717, 1.165) is 56.2 Å². The Hall–Kier alpha value is -9.32. The van der Waals surface area contributed by atoms with Gasteiger partial charge in [0, 0.05) is 66.1 Å². The van der Waals surface area contributed by atoms with Crippen molar-refractivity contribution in [3.8, 4) is 62.1 Å². The van der Waals surface area contributed by atoms with Gasteiger partial charge in [0.15, 0.2) is 5.82 Å². The highest BCUT2D eigenvalue weighted by Gasteiger charge is 2.20. The van der Waals surface area contributed by atoms with E-state index in [0.29, 0.717) is 5.82 Å². The van der Waals surface area contributed by atoms with Crippen LogP contribution in [0.25, 0.3) is 128 Å². The third-order valence-corrected chi connectivity index (χ3v) is 14.5. The highest BCUT2D eigenvalue weighted by Crippen LogP contribution is 2.41. The number of para-hydroxylation sites is 4. The zero-order valence-electron chi connectivity index (χ0n) is 39.3. The molecule has 5 heteroatoms. The van der Waals surface area contributed by atoms with E-state index in [2.05, 4.69) is 240 Å². The van der Waals surface area contributed by atoms with Gasteiger partial charge in [-0.05, 0) is 127 Å². The first-order chi connectivity index (χ1) is 35.0. The van der Waals surface area contributed by atoms with Crippen molar-refractivity contribution >= 4 is 65.4 Å². The monoisotopic (exact) mass is 907 g/mol. The first-order valence-corrected chi connectivity index (χ1v) is 24.3. The molecule has 10 aromatic carbocycles. The summed E-state index contributed by atoms with van der Waals surface area (Å²) in [6, 6.07) is 85.4. The maximum Gasteiger partial charge on any atom is 0.160 e. The van der Waals surface area contributed by atoms with Crippen molar-refractivity contribution in [2.24, 2.45) is 0 Å². The summed E-state index contributed by atoms with van der Waals surface area (Å²) in [6.45, 7) is 4.43. The topological polar surface area (TPSA) is 40.6 Å². The fourth-order valence-electron chi connectivity index (χ4n) is 11.4. The van der Waals surface area contributed by atoms with E-state index in [1.54, 1.807) is 0 Å². The van der Waals surface area contributed by atoms with Gasteiger partial charge in [0.2, 0.25) is 0 Å². The van der Waals surface area contributed by atoms with Crippen LogP contribution in [0.15, 0.2) is 237 Å². The van der Waals surface area contributed by atoms with E-state index in [4.69, 9.17) is 9.97 Å². The van der Waals surface area contributed by atoms with Crippen LogP contribution in [0.3, 0.4) is 0 Å². The average Bonchev–Trinajstić information content (AvgIpc) is 4.06. The van der Waals surface area contributed by atoms with Gasteiger partial charge in [0.25, 0.3) is 0 Å². The van der Waals surface area contributed by atoms with Crippen LogP contribution in [0.2, 0.25) is 0 Å². The molecule has 0 amide bonds. The summed E-state index contributed by atoms with van der Waals surface area (Å²) in [5.41, 5.74) is 20.2. The van der Waals surface area contributed by atoms with Crippen LogP contribution >= 0.6 is 0 Å². The van der Waals surface area contributed by atoms with Gasteiger partial charge in [0.05, 0.1) is 44.5 Å². The van der Waals surface area contributed by atoms with Gasteiger partial charge >= 0.3 is 0 Å². The Labute approximate surface area is 410 Å². The second-order valence-corrected chi connectivity index (χ2v) is 18.7. The van der Waals surface area contributed by atoms with Gasteiger partial charge in [-0.2, -0.15) is 0 Å². The zero-order valence-corrected chi connectivity index (χ0v) is 39.3. The maximum absolute atomic E-state index is 5.15. The minimum atomic E-state index is 0.716. The SMILES string of the molecule is Cc1cc(-c2cc(-c3ccccc3)nc(-c3ccccc3)n2)cc(C)c1-c1ccc(-n2c3ccc(-n4c5ccccc5c5ccccc54)cc3c3cc(-n4c5ccccc5c5ccccc54)ccc32)cc1. The van der Waals surface area contributed by atoms with Crippen LogP contribution in [0.5, 0.6) is 0 Å². The summed E-state index contributed by atoms with van der Waals surface area (Å²) in [4.78, 5) is 10.2. The predicted octanol–water partition coefficient (Wildman–Crippen LogP) is 17.1. The number of fused-ring (bicyclic) bond motifs is 9. The Morgan fingerprint density at radius 3 is 1.10 bits per heavy atom. The lowest BCUT2D eigenvalue weighted by Gasteiger charge is -2.16. The second-order valence-electron chi connectivity index (χ2n) is 18.7. The van der Waals surface area contributed by atoms with E-state index in [1.807, 2.05) is 24.3 Å². The Morgan fingerprint density at radius 2 is 0.634 bits per heavy atom. The molecular weight excluding hydrogens is 863 g/mol. The highest BCUT2D eigenvalue weighted by atomic mass is 15.0. The van der Waals surface area contributed by atoms with Gasteiger partial charge in [-0.1, -0.05) is 146 Å². The molecule has 14 aromatic rings. The lowest BCUT2D eigenvalue weighted by molar-refractivity contribution is 1.16. The standard InChI is InChI=1S/C66H45N5/c1-42-37-47(58-41-57(44-17-5-3-6-18-44)67-66(68-58)46-19-7-4-8-20-46)38-43(2)65(42)45-29-31-48(32-30-45)69-63-35-33-49(70-59-25-13-9-21-51(59)52-22-10-14-26-60(52)70)39-55(63)56-40-50(34-36-64(56)69)71-61-27-15-11-23-53(61)54-24-12-16-28-62(54)71/h3-41H,1-2H3. The number of rotatable bonds is 7. The van der Waals surface area contributed by atoms with Crippen LogP contribution in [0.1, 0.15) is 11.1 Å². The van der Waals surface area contributed by atoms with E-state index in [-0.39, 0.29) is 0 Å². The molecule has 5 nitrogen and oxygen atoms in total. The molecule has 14 rings (SSSR count). The van der Waals surface area contributed by atoms with Crippen LogP contribution in [0, 0.1) is 13.8 Å². The lowest BCUT2D eigenvalue weighted by atomic mass is 9.92. The highest BCUT2D eigenvalue weighted by molar-refractivity contribution is 6.14. The van der Waals surface area contributed by atoms with Crippen molar-refractivity contribution in [3.05, 3.63) is 248 Å². The minimum absolute atomic E-state index is 0.716. The van der Waals surface area contributed by atoms with Gasteiger partial charge in [-0.15, -0.1) is 0 Å². The number of nitrogens with zero attached hydrogens (tertiary/aromatic N) is 5. The molecule has 0 spiro atoms. The molecule has 0 saturated carbocycles. The van der Waals surface area contributed by atoms with E-state index < -0.39 is 0 Å². The van der Waals surface area contributed by atoms with Crippen molar-refractivity contribution in [1.29, 1.82) is 0 Å². The van der Waals surface area contributed by atoms with Crippen molar-refractivity contribution in [3.63, 3.8) is 0 Å². The fourth-order valence-corrected chi connectivity index (χ4v) is 11.4. The molecule has 0 unspecified atom stereocenters. The number of benzene rings is 10. The summed E-state index contributed by atoms with van der Waals surface area (Å²) in [6.07, 6.45) is 0. The molecule has 0 aliphatic rings. The molecule has 4 heterocycles. The van der Waals surface area contributed by atoms with Crippen LogP contribution < -0.4 is 0 Å². The molecule has 0 bridgehead atoms. The molecule has 0 N–H and O–H groups in total. The number of hydrogen-bond acceptors (Lipinski definition) is 2.